The highest BCUT2D eigenvalue weighted by Crippen LogP contribution is 2.12. The third-order valence-electron chi connectivity index (χ3n) is 4.17. The Morgan fingerprint density at radius 1 is 1.18 bits per heavy atom. The van der Waals surface area contributed by atoms with Gasteiger partial charge in [-0.05, 0) is 32.2 Å². The van der Waals surface area contributed by atoms with E-state index in [1.807, 2.05) is 0 Å². The highest BCUT2D eigenvalue weighted by atomic mass is 35.5. The summed E-state index contributed by atoms with van der Waals surface area (Å²) < 4.78 is 0. The van der Waals surface area contributed by atoms with Crippen molar-refractivity contribution in [3.05, 3.63) is 0 Å². The fourth-order valence-electron chi connectivity index (χ4n) is 2.78. The Bertz CT molecular complexity index is 355. The van der Waals surface area contributed by atoms with Gasteiger partial charge >= 0.3 is 0 Å². The molecule has 0 aromatic heterocycles. The summed E-state index contributed by atoms with van der Waals surface area (Å²) in [5.74, 6) is 0.285. The number of carbonyl (C=O) groups is 2. The van der Waals surface area contributed by atoms with Crippen LogP contribution in [-0.4, -0.2) is 74.0 Å². The van der Waals surface area contributed by atoms with Gasteiger partial charge in [0.1, 0.15) is 0 Å². The van der Waals surface area contributed by atoms with E-state index in [2.05, 4.69) is 15.5 Å². The number of piperidine rings is 1. The minimum atomic E-state index is 0. The Balaban J connectivity index is 0.00000220. The quantitative estimate of drug-likeness (QED) is 0.759. The number of likely N-dealkylation sites (N-methyl/N-ethyl adjacent to an activating group) is 1. The topological polar surface area (TPSA) is 64.7 Å². The first-order valence-electron chi connectivity index (χ1n) is 7.52. The van der Waals surface area contributed by atoms with Crippen LogP contribution in [0.5, 0.6) is 0 Å². The lowest BCUT2D eigenvalue weighted by Gasteiger charge is -2.32. The molecule has 2 saturated heterocycles. The van der Waals surface area contributed by atoms with Gasteiger partial charge in [-0.3, -0.25) is 14.5 Å². The predicted octanol–water partition coefficient (Wildman–Crippen LogP) is 0.251. The van der Waals surface area contributed by atoms with Crippen molar-refractivity contribution < 1.29 is 9.59 Å². The van der Waals surface area contributed by atoms with Crippen LogP contribution in [0.15, 0.2) is 0 Å². The summed E-state index contributed by atoms with van der Waals surface area (Å²) in [6, 6.07) is 0.263. The maximum atomic E-state index is 12.0. The molecule has 6 nitrogen and oxygen atoms in total. The van der Waals surface area contributed by atoms with Crippen molar-refractivity contribution in [3.8, 4) is 0 Å². The molecule has 2 heterocycles. The van der Waals surface area contributed by atoms with Gasteiger partial charge in [-0.15, -0.1) is 24.8 Å². The summed E-state index contributed by atoms with van der Waals surface area (Å²) in [5, 5.41) is 6.35. The Morgan fingerprint density at radius 3 is 2.32 bits per heavy atom. The number of nitrogens with one attached hydrogen (secondary N) is 2. The largest absolute Gasteiger partial charge is 0.352 e. The molecule has 0 bridgehead atoms. The zero-order chi connectivity index (χ0) is 14.5. The molecule has 2 fully saturated rings. The molecule has 2 N–H and O–H groups in total. The Labute approximate surface area is 145 Å². The van der Waals surface area contributed by atoms with Gasteiger partial charge in [0.05, 0.1) is 12.6 Å². The summed E-state index contributed by atoms with van der Waals surface area (Å²) in [6.45, 7) is 3.19. The smallest absolute Gasteiger partial charge is 0.237 e. The van der Waals surface area contributed by atoms with E-state index in [1.165, 1.54) is 0 Å². The molecule has 0 radical (unpaired) electrons. The van der Waals surface area contributed by atoms with E-state index in [-0.39, 0.29) is 48.7 Å². The second-order valence-corrected chi connectivity index (χ2v) is 6.00. The second-order valence-electron chi connectivity index (χ2n) is 6.00. The number of carbonyl (C=O) groups excluding carboxylic acids is 2. The van der Waals surface area contributed by atoms with Crippen LogP contribution in [0.4, 0.5) is 0 Å². The van der Waals surface area contributed by atoms with Crippen LogP contribution in [-0.2, 0) is 9.59 Å². The standard InChI is InChI=1S/C14H26N4O2.2ClH/c1-17(2)13(19)10-18-8-5-11(6-9-18)16-14(20)12-4-3-7-15-12;;/h11-12,15H,3-10H2,1-2H3,(H,16,20);2*1H. The molecule has 0 aromatic carbocycles. The summed E-state index contributed by atoms with van der Waals surface area (Å²) in [5.41, 5.74) is 0. The van der Waals surface area contributed by atoms with Gasteiger partial charge < -0.3 is 15.5 Å². The predicted molar refractivity (Wildman–Crippen MR) is 91.8 cm³/mol. The highest BCUT2D eigenvalue weighted by Gasteiger charge is 2.26. The maximum Gasteiger partial charge on any atom is 0.237 e. The minimum absolute atomic E-state index is 0. The van der Waals surface area contributed by atoms with Gasteiger partial charge in [0.15, 0.2) is 0 Å². The molecule has 1 unspecified atom stereocenters. The molecule has 130 valence electrons. The van der Waals surface area contributed by atoms with Crippen LogP contribution in [0.1, 0.15) is 25.7 Å². The molecule has 1 atom stereocenters. The number of rotatable bonds is 4. The van der Waals surface area contributed by atoms with Gasteiger partial charge in [0.2, 0.25) is 11.8 Å². The van der Waals surface area contributed by atoms with Crippen molar-refractivity contribution in [3.63, 3.8) is 0 Å². The molecule has 0 aliphatic carbocycles. The summed E-state index contributed by atoms with van der Waals surface area (Å²) in [4.78, 5) is 27.5. The number of amides is 2. The normalized spacial score (nSPS) is 22.4. The van der Waals surface area contributed by atoms with Crippen LogP contribution >= 0.6 is 24.8 Å². The van der Waals surface area contributed by atoms with Crippen molar-refractivity contribution in [1.82, 2.24) is 20.4 Å². The average Bonchev–Trinajstić information content (AvgIpc) is 2.95. The minimum Gasteiger partial charge on any atom is -0.352 e. The van der Waals surface area contributed by atoms with E-state index in [9.17, 15) is 9.59 Å². The molecule has 2 aliphatic rings. The van der Waals surface area contributed by atoms with E-state index >= 15 is 0 Å². The highest BCUT2D eigenvalue weighted by molar-refractivity contribution is 5.85. The number of nitrogens with zero attached hydrogens (tertiary/aromatic N) is 2. The van der Waals surface area contributed by atoms with Gasteiger partial charge in [0.25, 0.3) is 0 Å². The Kier molecular flexibility index (Phi) is 10.00. The van der Waals surface area contributed by atoms with E-state index in [0.29, 0.717) is 6.54 Å². The Morgan fingerprint density at radius 2 is 1.82 bits per heavy atom. The van der Waals surface area contributed by atoms with Crippen LogP contribution in [0.3, 0.4) is 0 Å². The summed E-state index contributed by atoms with van der Waals surface area (Å²) >= 11 is 0. The fourth-order valence-corrected chi connectivity index (χ4v) is 2.78. The van der Waals surface area contributed by atoms with E-state index in [1.54, 1.807) is 19.0 Å². The average molecular weight is 355 g/mol. The van der Waals surface area contributed by atoms with E-state index in [4.69, 9.17) is 0 Å². The first kappa shape index (κ1) is 21.4. The molecular formula is C14H28Cl2N4O2. The van der Waals surface area contributed by atoms with E-state index in [0.717, 1.165) is 45.3 Å². The third-order valence-corrected chi connectivity index (χ3v) is 4.17. The molecule has 0 saturated carbocycles. The Hall–Kier alpha value is -0.560. The molecule has 2 rings (SSSR count). The third kappa shape index (κ3) is 6.28. The zero-order valence-corrected chi connectivity index (χ0v) is 15.0. The van der Waals surface area contributed by atoms with E-state index < -0.39 is 0 Å². The lowest BCUT2D eigenvalue weighted by atomic mass is 10.0. The summed E-state index contributed by atoms with van der Waals surface area (Å²) in [6.07, 6.45) is 3.89. The number of halogens is 2. The van der Waals surface area contributed by atoms with Crippen molar-refractivity contribution in [2.75, 3.05) is 40.3 Å². The van der Waals surface area contributed by atoms with Crippen molar-refractivity contribution in [1.29, 1.82) is 0 Å². The molecular weight excluding hydrogens is 327 g/mol. The molecule has 2 aliphatic heterocycles. The number of hydrogen-bond acceptors (Lipinski definition) is 4. The SMILES string of the molecule is CN(C)C(=O)CN1CCC(NC(=O)C2CCCN2)CC1.Cl.Cl. The van der Waals surface area contributed by atoms with Crippen molar-refractivity contribution in [2.45, 2.75) is 37.8 Å². The number of likely N-dealkylation sites (tertiary alicyclic amines) is 1. The van der Waals surface area contributed by atoms with Crippen molar-refractivity contribution >= 4 is 36.6 Å². The van der Waals surface area contributed by atoms with Gasteiger partial charge in [-0.25, -0.2) is 0 Å². The zero-order valence-electron chi connectivity index (χ0n) is 13.3. The lowest BCUT2D eigenvalue weighted by Crippen LogP contribution is -2.50. The molecule has 22 heavy (non-hydrogen) atoms. The van der Waals surface area contributed by atoms with Crippen LogP contribution < -0.4 is 10.6 Å². The van der Waals surface area contributed by atoms with Crippen molar-refractivity contribution in [2.24, 2.45) is 0 Å². The van der Waals surface area contributed by atoms with Crippen LogP contribution in [0, 0.1) is 0 Å². The first-order valence-corrected chi connectivity index (χ1v) is 7.52. The molecule has 0 aromatic rings. The molecule has 0 spiro atoms. The first-order chi connectivity index (χ1) is 9.56. The van der Waals surface area contributed by atoms with Gasteiger partial charge in [0, 0.05) is 33.2 Å². The molecule has 2 amide bonds. The summed E-state index contributed by atoms with van der Waals surface area (Å²) in [7, 11) is 3.56. The van der Waals surface area contributed by atoms with Crippen LogP contribution in [0.25, 0.3) is 0 Å². The number of hydrogen-bond donors (Lipinski definition) is 2. The monoisotopic (exact) mass is 354 g/mol. The second kappa shape index (κ2) is 10.3. The fraction of sp³-hybridized carbons (Fsp3) is 0.857. The van der Waals surface area contributed by atoms with Crippen LogP contribution in [0.2, 0.25) is 0 Å². The lowest BCUT2D eigenvalue weighted by molar-refractivity contribution is -0.130. The van der Waals surface area contributed by atoms with Gasteiger partial charge in [-0.2, -0.15) is 0 Å². The van der Waals surface area contributed by atoms with Gasteiger partial charge in [-0.1, -0.05) is 0 Å². The molecule has 8 heteroatoms. The maximum absolute atomic E-state index is 12.0.